The van der Waals surface area contributed by atoms with Crippen molar-refractivity contribution in [3.8, 4) is 0 Å². The van der Waals surface area contributed by atoms with Crippen LogP contribution in [0, 0.1) is 10.1 Å². The molecule has 0 aromatic heterocycles. The number of nitrogens with two attached hydrogens (primary N) is 1. The van der Waals surface area contributed by atoms with Gasteiger partial charge in [0.25, 0.3) is 5.69 Å². The van der Waals surface area contributed by atoms with Gasteiger partial charge in [0.15, 0.2) is 5.84 Å². The molecule has 1 saturated heterocycles. The zero-order valence-electron chi connectivity index (χ0n) is 10.2. The van der Waals surface area contributed by atoms with E-state index in [0.717, 1.165) is 0 Å². The van der Waals surface area contributed by atoms with E-state index < -0.39 is 4.92 Å². The van der Waals surface area contributed by atoms with Crippen LogP contribution < -0.4 is 10.6 Å². The summed E-state index contributed by atoms with van der Waals surface area (Å²) in [4.78, 5) is 12.5. The van der Waals surface area contributed by atoms with Crippen molar-refractivity contribution in [2.24, 2.45) is 10.9 Å². The van der Waals surface area contributed by atoms with E-state index in [1.807, 2.05) is 4.90 Å². The lowest BCUT2D eigenvalue weighted by Crippen LogP contribution is -2.36. The van der Waals surface area contributed by atoms with Crippen molar-refractivity contribution in [2.75, 3.05) is 31.2 Å². The number of ether oxygens (including phenoxy) is 1. The first-order valence-electron chi connectivity index (χ1n) is 5.72. The van der Waals surface area contributed by atoms with Gasteiger partial charge in [-0.25, -0.2) is 0 Å². The topological polar surface area (TPSA) is 114 Å². The lowest BCUT2D eigenvalue weighted by molar-refractivity contribution is -0.384. The smallest absolute Gasteiger partial charge is 0.292 e. The standard InChI is InChI=1S/C11H14N4O4/c12-11(13-16)8-1-2-9(15(17)18)10(7-8)14-3-5-19-6-4-14/h1-2,7,16H,3-6H2,(H2,12,13). The number of hydrogen-bond donors (Lipinski definition) is 2. The van der Waals surface area contributed by atoms with Gasteiger partial charge in [-0.15, -0.1) is 0 Å². The van der Waals surface area contributed by atoms with Crippen molar-refractivity contribution in [1.29, 1.82) is 0 Å². The molecule has 19 heavy (non-hydrogen) atoms. The molecule has 1 aliphatic rings. The van der Waals surface area contributed by atoms with Crippen LogP contribution in [0.5, 0.6) is 0 Å². The summed E-state index contributed by atoms with van der Waals surface area (Å²) < 4.78 is 5.22. The Kier molecular flexibility index (Phi) is 3.81. The fourth-order valence-electron chi connectivity index (χ4n) is 1.95. The van der Waals surface area contributed by atoms with Gasteiger partial charge in [-0.1, -0.05) is 5.16 Å². The Morgan fingerprint density at radius 3 is 2.74 bits per heavy atom. The molecule has 1 aromatic rings. The molecule has 2 rings (SSSR count). The number of oxime groups is 1. The van der Waals surface area contributed by atoms with Crippen LogP contribution in [-0.4, -0.2) is 42.3 Å². The minimum absolute atomic E-state index is 0.00334. The zero-order chi connectivity index (χ0) is 13.8. The molecule has 0 bridgehead atoms. The molecule has 102 valence electrons. The van der Waals surface area contributed by atoms with E-state index in [4.69, 9.17) is 15.7 Å². The first-order chi connectivity index (χ1) is 9.13. The predicted octanol–water partition coefficient (Wildman–Crippen LogP) is 0.526. The number of hydrogen-bond acceptors (Lipinski definition) is 6. The molecule has 8 heteroatoms. The molecular formula is C11H14N4O4. The van der Waals surface area contributed by atoms with E-state index in [1.54, 1.807) is 6.07 Å². The molecule has 0 aliphatic carbocycles. The average molecular weight is 266 g/mol. The fraction of sp³-hybridized carbons (Fsp3) is 0.364. The Morgan fingerprint density at radius 1 is 1.47 bits per heavy atom. The van der Waals surface area contributed by atoms with Crippen LogP contribution in [-0.2, 0) is 4.74 Å². The average Bonchev–Trinajstić information content (AvgIpc) is 2.46. The number of amidine groups is 1. The molecule has 0 unspecified atom stereocenters. The van der Waals surface area contributed by atoms with Crippen LogP contribution in [0.2, 0.25) is 0 Å². The van der Waals surface area contributed by atoms with Crippen molar-refractivity contribution in [2.45, 2.75) is 0 Å². The molecule has 1 aliphatic heterocycles. The molecular weight excluding hydrogens is 252 g/mol. The van der Waals surface area contributed by atoms with Gasteiger partial charge >= 0.3 is 0 Å². The molecule has 3 N–H and O–H groups in total. The van der Waals surface area contributed by atoms with E-state index in [9.17, 15) is 10.1 Å². The Hall–Kier alpha value is -2.35. The third kappa shape index (κ3) is 2.74. The van der Waals surface area contributed by atoms with E-state index >= 15 is 0 Å². The van der Waals surface area contributed by atoms with Crippen LogP contribution in [0.4, 0.5) is 11.4 Å². The summed E-state index contributed by atoms with van der Waals surface area (Å²) in [6, 6.07) is 4.37. The maximum absolute atomic E-state index is 11.1. The van der Waals surface area contributed by atoms with Crippen molar-refractivity contribution in [3.63, 3.8) is 0 Å². The molecule has 0 amide bonds. The quantitative estimate of drug-likeness (QED) is 0.271. The fourth-order valence-corrected chi connectivity index (χ4v) is 1.95. The molecule has 1 heterocycles. The summed E-state index contributed by atoms with van der Waals surface area (Å²) in [6.45, 7) is 2.18. The highest BCUT2D eigenvalue weighted by Crippen LogP contribution is 2.29. The molecule has 0 radical (unpaired) electrons. The van der Waals surface area contributed by atoms with E-state index in [1.165, 1.54) is 12.1 Å². The van der Waals surface area contributed by atoms with Crippen molar-refractivity contribution in [1.82, 2.24) is 0 Å². The molecule has 1 fully saturated rings. The molecule has 1 aromatic carbocycles. The summed E-state index contributed by atoms with van der Waals surface area (Å²) in [6.07, 6.45) is 0. The van der Waals surface area contributed by atoms with Crippen LogP contribution in [0.1, 0.15) is 5.56 Å². The minimum atomic E-state index is -0.444. The minimum Gasteiger partial charge on any atom is -0.409 e. The third-order valence-electron chi connectivity index (χ3n) is 2.93. The number of benzene rings is 1. The van der Waals surface area contributed by atoms with Gasteiger partial charge in [-0.2, -0.15) is 0 Å². The summed E-state index contributed by atoms with van der Waals surface area (Å²) in [7, 11) is 0. The molecule has 8 nitrogen and oxygen atoms in total. The second kappa shape index (κ2) is 5.53. The first-order valence-corrected chi connectivity index (χ1v) is 5.72. The Bertz CT molecular complexity index is 511. The maximum atomic E-state index is 11.1. The molecule has 0 spiro atoms. The highest BCUT2D eigenvalue weighted by Gasteiger charge is 2.22. The predicted molar refractivity (Wildman–Crippen MR) is 68.6 cm³/mol. The van der Waals surface area contributed by atoms with E-state index in [0.29, 0.717) is 37.6 Å². The Balaban J connectivity index is 2.43. The number of nitro benzene ring substituents is 1. The van der Waals surface area contributed by atoms with Gasteiger partial charge in [-0.3, -0.25) is 10.1 Å². The van der Waals surface area contributed by atoms with Gasteiger partial charge in [-0.05, 0) is 12.1 Å². The summed E-state index contributed by atoms with van der Waals surface area (Å²) >= 11 is 0. The van der Waals surface area contributed by atoms with Gasteiger partial charge in [0.1, 0.15) is 5.69 Å². The number of nitrogens with zero attached hydrogens (tertiary/aromatic N) is 3. The van der Waals surface area contributed by atoms with Crippen LogP contribution in [0.3, 0.4) is 0 Å². The number of rotatable bonds is 3. The van der Waals surface area contributed by atoms with Crippen molar-refractivity contribution >= 4 is 17.2 Å². The Morgan fingerprint density at radius 2 is 2.16 bits per heavy atom. The normalized spacial score (nSPS) is 16.4. The molecule has 0 atom stereocenters. The first kappa shape index (κ1) is 13.1. The zero-order valence-corrected chi connectivity index (χ0v) is 10.2. The largest absolute Gasteiger partial charge is 0.409 e. The van der Waals surface area contributed by atoms with Gasteiger partial charge < -0.3 is 20.6 Å². The van der Waals surface area contributed by atoms with Gasteiger partial charge in [0, 0.05) is 24.7 Å². The molecule has 0 saturated carbocycles. The summed E-state index contributed by atoms with van der Waals surface area (Å²) in [5, 5.41) is 22.6. The van der Waals surface area contributed by atoms with Crippen molar-refractivity contribution in [3.05, 3.63) is 33.9 Å². The maximum Gasteiger partial charge on any atom is 0.292 e. The lowest BCUT2D eigenvalue weighted by Gasteiger charge is -2.28. The van der Waals surface area contributed by atoms with Crippen LogP contribution >= 0.6 is 0 Å². The van der Waals surface area contributed by atoms with E-state index in [-0.39, 0.29) is 11.5 Å². The number of anilines is 1. The van der Waals surface area contributed by atoms with Crippen molar-refractivity contribution < 1.29 is 14.9 Å². The van der Waals surface area contributed by atoms with Crippen LogP contribution in [0.25, 0.3) is 0 Å². The summed E-state index contributed by atoms with van der Waals surface area (Å²) in [5.74, 6) is -0.0793. The van der Waals surface area contributed by atoms with Gasteiger partial charge in [0.05, 0.1) is 18.1 Å². The third-order valence-corrected chi connectivity index (χ3v) is 2.93. The van der Waals surface area contributed by atoms with E-state index in [2.05, 4.69) is 5.16 Å². The SMILES string of the molecule is NC(=NO)c1ccc([N+](=O)[O-])c(N2CCOCC2)c1. The Labute approximate surface area is 109 Å². The summed E-state index contributed by atoms with van der Waals surface area (Å²) in [5.41, 5.74) is 6.40. The highest BCUT2D eigenvalue weighted by molar-refractivity contribution is 5.98. The number of morpholine rings is 1. The second-order valence-electron chi connectivity index (χ2n) is 4.05. The highest BCUT2D eigenvalue weighted by atomic mass is 16.6. The monoisotopic (exact) mass is 266 g/mol. The number of nitro groups is 1. The lowest BCUT2D eigenvalue weighted by atomic mass is 10.1. The second-order valence-corrected chi connectivity index (χ2v) is 4.05. The van der Waals surface area contributed by atoms with Crippen LogP contribution in [0.15, 0.2) is 23.4 Å². The van der Waals surface area contributed by atoms with Gasteiger partial charge in [0.2, 0.25) is 0 Å².